The van der Waals surface area contributed by atoms with E-state index in [0.717, 1.165) is 28.8 Å². The van der Waals surface area contributed by atoms with E-state index in [1.54, 1.807) is 29.1 Å². The van der Waals surface area contributed by atoms with Crippen molar-refractivity contribution in [3.63, 3.8) is 0 Å². The first kappa shape index (κ1) is 37.3. The van der Waals surface area contributed by atoms with Crippen molar-refractivity contribution in [2.24, 2.45) is 16.1 Å². The fraction of sp³-hybridized carbons (Fsp3) is 0.444. The lowest BCUT2D eigenvalue weighted by atomic mass is 9.86. The highest BCUT2D eigenvalue weighted by molar-refractivity contribution is 6.32. The summed E-state index contributed by atoms with van der Waals surface area (Å²) in [5, 5.41) is 18.6. The number of rotatable bonds is 9. The molecule has 0 radical (unpaired) electrons. The van der Waals surface area contributed by atoms with E-state index in [1.165, 1.54) is 18.2 Å². The Morgan fingerprint density at radius 2 is 1.79 bits per heavy atom. The Hall–Kier alpha value is -5.64. The van der Waals surface area contributed by atoms with Gasteiger partial charge in [-0.25, -0.2) is 28.2 Å². The number of ether oxygens (including phenoxy) is 1. The molecule has 0 saturated heterocycles. The van der Waals surface area contributed by atoms with Crippen LogP contribution >= 0.6 is 11.6 Å². The fourth-order valence-electron chi connectivity index (χ4n) is 6.72. The molecule has 3 fully saturated rings. The minimum atomic E-state index is -4.73. The highest BCUT2D eigenvalue weighted by Gasteiger charge is 2.70. The Morgan fingerprint density at radius 3 is 2.41 bits per heavy atom. The Balaban J connectivity index is 1.21. The van der Waals surface area contributed by atoms with E-state index in [-0.39, 0.29) is 47.5 Å². The minimum absolute atomic E-state index is 0.0282. The maximum Gasteiger partial charge on any atom is 0.411 e. The van der Waals surface area contributed by atoms with Gasteiger partial charge in [-0.15, -0.1) is 10.2 Å². The first-order chi connectivity index (χ1) is 26.4. The summed E-state index contributed by atoms with van der Waals surface area (Å²) in [5.74, 6) is 4.67. The van der Waals surface area contributed by atoms with Crippen molar-refractivity contribution in [3.8, 4) is 28.9 Å². The molecule has 3 N–H and O–H groups in total. The number of alkyl carbamates (subject to hydrolysis) is 1. The van der Waals surface area contributed by atoms with Crippen LogP contribution in [0.25, 0.3) is 17.1 Å². The molecule has 3 atom stereocenters. The number of halogens is 6. The normalized spacial score (nSPS) is 24.1. The van der Waals surface area contributed by atoms with Crippen LogP contribution in [-0.4, -0.2) is 75.7 Å². The van der Waals surface area contributed by atoms with E-state index in [2.05, 4.69) is 42.3 Å². The highest BCUT2D eigenvalue weighted by Crippen LogP contribution is 2.57. The van der Waals surface area contributed by atoms with Crippen molar-refractivity contribution >= 4 is 29.6 Å². The quantitative estimate of drug-likeness (QED) is 0.158. The average Bonchev–Trinajstić information content (AvgIpc) is 4.10. The Labute approximate surface area is 320 Å². The smallest absolute Gasteiger partial charge is 0.411 e. The number of guanidine groups is 1. The fourth-order valence-corrected chi connectivity index (χ4v) is 6.92. The van der Waals surface area contributed by atoms with Crippen LogP contribution in [0.2, 0.25) is 5.02 Å². The summed E-state index contributed by atoms with van der Waals surface area (Å²) in [4.78, 5) is 39.2. The second kappa shape index (κ2) is 12.7. The number of hydrogen-bond acceptors (Lipinski definition) is 10. The van der Waals surface area contributed by atoms with Gasteiger partial charge in [0.1, 0.15) is 23.5 Å². The van der Waals surface area contributed by atoms with Crippen molar-refractivity contribution in [2.75, 3.05) is 0 Å². The molecule has 0 unspecified atom stereocenters. The van der Waals surface area contributed by atoms with Gasteiger partial charge < -0.3 is 15.8 Å². The van der Waals surface area contributed by atoms with Crippen LogP contribution in [-0.2, 0) is 20.6 Å². The molecule has 0 bridgehead atoms. The zero-order chi connectivity index (χ0) is 40.0. The third kappa shape index (κ3) is 6.29. The molecule has 14 nitrogen and oxygen atoms in total. The number of carbonyl (C=O) groups is 2. The van der Waals surface area contributed by atoms with Gasteiger partial charge in [-0.2, -0.15) is 23.1 Å². The Kier molecular flexibility index (Phi) is 8.45. The van der Waals surface area contributed by atoms with E-state index >= 15 is 4.79 Å². The third-order valence-corrected chi connectivity index (χ3v) is 10.4. The topological polar surface area (TPSA) is 171 Å². The number of nitrogens with one attached hydrogen (secondary N) is 1. The Morgan fingerprint density at radius 1 is 1.09 bits per heavy atom. The summed E-state index contributed by atoms with van der Waals surface area (Å²) in [6.45, 7) is 5.50. The van der Waals surface area contributed by atoms with Crippen molar-refractivity contribution in [1.29, 1.82) is 0 Å². The van der Waals surface area contributed by atoms with Crippen molar-refractivity contribution in [1.82, 2.24) is 45.2 Å². The van der Waals surface area contributed by atoms with Crippen LogP contribution in [0, 0.1) is 17.3 Å². The monoisotopic (exact) mass is 797 g/mol. The van der Waals surface area contributed by atoms with Gasteiger partial charge in [-0.1, -0.05) is 53.8 Å². The second-order valence-electron chi connectivity index (χ2n) is 15.3. The van der Waals surface area contributed by atoms with Crippen molar-refractivity contribution in [2.45, 2.75) is 94.2 Å². The van der Waals surface area contributed by atoms with Crippen LogP contribution in [0.4, 0.5) is 26.7 Å². The lowest BCUT2D eigenvalue weighted by Crippen LogP contribution is -2.51. The van der Waals surface area contributed by atoms with Gasteiger partial charge in [0.15, 0.2) is 5.82 Å². The number of tetrazole rings is 1. The van der Waals surface area contributed by atoms with Gasteiger partial charge in [0, 0.05) is 23.0 Å². The van der Waals surface area contributed by atoms with Gasteiger partial charge in [0.05, 0.1) is 16.8 Å². The molecule has 2 aromatic heterocycles. The molecular weight excluding hydrogens is 765 g/mol. The molecule has 8 rings (SSSR count). The SMILES string of the molecule is CC(C)(C)C#C[C@]1(c2ccc(-c3nnn(C4CC4)n3)cc2)N=C(N)N([C@@]2(c3ccc(Cl)c(-n4ncnc4C(F)F)c3)C[C@@H]2OC(=O)NC2(C(F)(F)F)CC2)C1=O. The number of alkyl halides is 5. The number of benzene rings is 2. The Bertz CT molecular complexity index is 2340. The molecular formula is C36H33ClF5N11O3. The lowest BCUT2D eigenvalue weighted by molar-refractivity contribution is -0.164. The second-order valence-corrected chi connectivity index (χ2v) is 15.7. The number of hydrogen-bond donors (Lipinski definition) is 2. The lowest BCUT2D eigenvalue weighted by Gasteiger charge is -2.31. The van der Waals surface area contributed by atoms with Gasteiger partial charge in [0.25, 0.3) is 12.3 Å². The molecule has 2 aromatic carbocycles. The molecule has 0 spiro atoms. The van der Waals surface area contributed by atoms with Crippen LogP contribution in [0.3, 0.4) is 0 Å². The van der Waals surface area contributed by atoms with Crippen molar-refractivity contribution < 1.29 is 36.3 Å². The number of aromatic nitrogens is 7. The summed E-state index contributed by atoms with van der Waals surface area (Å²) in [6, 6.07) is 11.0. The first-order valence-corrected chi connectivity index (χ1v) is 17.9. The zero-order valence-corrected chi connectivity index (χ0v) is 30.7. The number of carbonyl (C=O) groups excluding carboxylic acids is 2. The molecule has 4 aliphatic rings. The minimum Gasteiger partial charge on any atom is -0.443 e. The molecule has 2 amide bonds. The summed E-state index contributed by atoms with van der Waals surface area (Å²) in [6.07, 6.45) is -8.46. The molecule has 20 heteroatoms. The zero-order valence-electron chi connectivity index (χ0n) is 30.0. The first-order valence-electron chi connectivity index (χ1n) is 17.6. The van der Waals surface area contributed by atoms with E-state index < -0.39 is 58.6 Å². The molecule has 3 saturated carbocycles. The number of aliphatic imine (C=N–C) groups is 1. The summed E-state index contributed by atoms with van der Waals surface area (Å²) in [7, 11) is 0. The maximum atomic E-state index is 15.1. The number of nitrogens with zero attached hydrogens (tertiary/aromatic N) is 9. The van der Waals surface area contributed by atoms with Gasteiger partial charge >= 0.3 is 12.3 Å². The highest BCUT2D eigenvalue weighted by atomic mass is 35.5. The summed E-state index contributed by atoms with van der Waals surface area (Å²) in [5.41, 5.74) is 0.935. The van der Waals surface area contributed by atoms with Gasteiger partial charge in [-0.3, -0.25) is 9.69 Å². The van der Waals surface area contributed by atoms with Gasteiger partial charge in [-0.05, 0) is 69.4 Å². The van der Waals surface area contributed by atoms with Gasteiger partial charge in [0.2, 0.25) is 17.3 Å². The largest absolute Gasteiger partial charge is 0.443 e. The number of amides is 2. The molecule has 4 aromatic rings. The number of nitrogens with two attached hydrogens (primary N) is 1. The molecule has 292 valence electrons. The van der Waals surface area contributed by atoms with E-state index in [9.17, 15) is 26.7 Å². The van der Waals surface area contributed by atoms with Crippen LogP contribution < -0.4 is 11.1 Å². The van der Waals surface area contributed by atoms with Crippen LogP contribution in [0.5, 0.6) is 0 Å². The molecule has 3 aliphatic carbocycles. The van der Waals surface area contributed by atoms with Crippen LogP contribution in [0.1, 0.15) is 82.3 Å². The summed E-state index contributed by atoms with van der Waals surface area (Å²) < 4.78 is 75.7. The average molecular weight is 798 g/mol. The third-order valence-electron chi connectivity index (χ3n) is 10.1. The van der Waals surface area contributed by atoms with Crippen molar-refractivity contribution in [3.05, 3.63) is 70.8 Å². The van der Waals surface area contributed by atoms with E-state index in [0.29, 0.717) is 17.0 Å². The predicted molar refractivity (Wildman–Crippen MR) is 188 cm³/mol. The summed E-state index contributed by atoms with van der Waals surface area (Å²) >= 11 is 6.48. The molecule has 3 heterocycles. The molecule has 56 heavy (non-hydrogen) atoms. The predicted octanol–water partition coefficient (Wildman–Crippen LogP) is 5.74. The van der Waals surface area contributed by atoms with E-state index in [4.69, 9.17) is 22.1 Å². The van der Waals surface area contributed by atoms with Crippen LogP contribution in [0.15, 0.2) is 53.8 Å². The van der Waals surface area contributed by atoms with E-state index in [1.807, 2.05) is 26.1 Å². The molecule has 1 aliphatic heterocycles. The maximum absolute atomic E-state index is 15.1. The standard InChI is InChI=1S/C36H33ClF5N11O3/c1-32(2,3)12-15-34(20-6-4-19(5-7-20)27-48-50-53(49-27)22-9-10-22)29(54)51(30(43)46-34)35(17-25(35)56-31(55)47-33(13-14-33)36(40,41)42)21-8-11-23(37)24(16-21)52-28(26(38)39)44-18-45-52/h4-8,11,16,18,22,25-26H,9-10,13-14,17H2,1-3H3,(H2,43,46)(H,47,55)/t25-,34+,35+/m0/s1.